The van der Waals surface area contributed by atoms with Crippen molar-refractivity contribution in [2.75, 3.05) is 63.3 Å². The number of aromatic amines is 1. The quantitative estimate of drug-likeness (QED) is 0.536. The molecular formula is C25H32N4O3. The van der Waals surface area contributed by atoms with Crippen LogP contribution in [0.3, 0.4) is 0 Å². The topological polar surface area (TPSA) is 69.8 Å². The zero-order valence-electron chi connectivity index (χ0n) is 18.9. The summed E-state index contributed by atoms with van der Waals surface area (Å²) in [5.74, 6) is 0.807. The van der Waals surface area contributed by atoms with Gasteiger partial charge in [-0.3, -0.25) is 9.69 Å². The highest BCUT2D eigenvalue weighted by molar-refractivity contribution is 5.80. The van der Waals surface area contributed by atoms with Crippen molar-refractivity contribution in [3.8, 4) is 5.75 Å². The number of hydrogen-bond acceptors (Lipinski definition) is 6. The number of ether oxygens (including phenoxy) is 2. The molecule has 3 aromatic rings. The van der Waals surface area contributed by atoms with Crippen molar-refractivity contribution in [2.24, 2.45) is 0 Å². The summed E-state index contributed by atoms with van der Waals surface area (Å²) in [7, 11) is 1.75. The number of fused-ring (bicyclic) bond motifs is 1. The van der Waals surface area contributed by atoms with Crippen LogP contribution in [-0.2, 0) is 11.3 Å². The van der Waals surface area contributed by atoms with Crippen molar-refractivity contribution in [3.63, 3.8) is 0 Å². The lowest BCUT2D eigenvalue weighted by Gasteiger charge is -2.36. The first-order chi connectivity index (χ1) is 15.7. The number of nitrogens with zero attached hydrogens (tertiary/aromatic N) is 2. The molecule has 1 aliphatic rings. The van der Waals surface area contributed by atoms with Crippen molar-refractivity contribution in [3.05, 3.63) is 64.4 Å². The molecule has 1 saturated heterocycles. The molecular weight excluding hydrogens is 404 g/mol. The fourth-order valence-corrected chi connectivity index (χ4v) is 4.06. The predicted octanol–water partition coefficient (Wildman–Crippen LogP) is 3.31. The fraction of sp³-hybridized carbons (Fsp3) is 0.400. The number of hydrogen-bond donors (Lipinski definition) is 2. The van der Waals surface area contributed by atoms with Crippen LogP contribution in [-0.4, -0.2) is 62.9 Å². The highest BCUT2D eigenvalue weighted by atomic mass is 16.5. The second-order valence-electron chi connectivity index (χ2n) is 8.03. The van der Waals surface area contributed by atoms with E-state index in [0.29, 0.717) is 18.7 Å². The molecule has 0 atom stereocenters. The van der Waals surface area contributed by atoms with Gasteiger partial charge in [-0.2, -0.15) is 0 Å². The molecule has 0 spiro atoms. The van der Waals surface area contributed by atoms with Crippen LogP contribution in [0, 0.1) is 0 Å². The van der Waals surface area contributed by atoms with E-state index < -0.39 is 0 Å². The fourth-order valence-electron chi connectivity index (χ4n) is 4.06. The molecule has 7 nitrogen and oxygen atoms in total. The van der Waals surface area contributed by atoms with E-state index in [2.05, 4.69) is 44.4 Å². The molecule has 0 saturated carbocycles. The summed E-state index contributed by atoms with van der Waals surface area (Å²) in [6, 6.07) is 16.1. The summed E-state index contributed by atoms with van der Waals surface area (Å²) < 4.78 is 10.8. The Bertz CT molecular complexity index is 1070. The number of piperazine rings is 1. The molecule has 2 heterocycles. The van der Waals surface area contributed by atoms with Crippen molar-refractivity contribution in [1.82, 2.24) is 9.88 Å². The molecule has 1 aromatic heterocycles. The van der Waals surface area contributed by atoms with Gasteiger partial charge in [0, 0.05) is 74.2 Å². The summed E-state index contributed by atoms with van der Waals surface area (Å²) in [6.07, 6.45) is 0. The highest BCUT2D eigenvalue weighted by Crippen LogP contribution is 2.21. The van der Waals surface area contributed by atoms with Gasteiger partial charge in [-0.15, -0.1) is 0 Å². The molecule has 2 N–H and O–H groups in total. The van der Waals surface area contributed by atoms with Gasteiger partial charge >= 0.3 is 0 Å². The van der Waals surface area contributed by atoms with Gasteiger partial charge in [0.2, 0.25) is 0 Å². The molecule has 2 aromatic carbocycles. The number of benzene rings is 2. The Kier molecular flexibility index (Phi) is 7.29. The molecule has 32 heavy (non-hydrogen) atoms. The van der Waals surface area contributed by atoms with Crippen molar-refractivity contribution in [1.29, 1.82) is 0 Å². The van der Waals surface area contributed by atoms with E-state index in [0.717, 1.165) is 61.7 Å². The standard InChI is InChI=1S/C25H32N4O3/c1-3-32-23-8-9-24-19(17-23)16-20(25(30)27-24)18-26-21-4-6-22(7-5-21)29-12-10-28(11-13-29)14-15-31-2/h4-9,16-17,26H,3,10-15,18H2,1-2H3,(H,27,30). The minimum absolute atomic E-state index is 0.0721. The lowest BCUT2D eigenvalue weighted by atomic mass is 10.1. The van der Waals surface area contributed by atoms with Crippen LogP contribution in [0.2, 0.25) is 0 Å². The van der Waals surface area contributed by atoms with Crippen molar-refractivity contribution in [2.45, 2.75) is 13.5 Å². The number of aromatic nitrogens is 1. The number of nitrogens with one attached hydrogen (secondary N) is 2. The zero-order chi connectivity index (χ0) is 22.3. The largest absolute Gasteiger partial charge is 0.494 e. The Hall–Kier alpha value is -3.03. The van der Waals surface area contributed by atoms with E-state index in [9.17, 15) is 4.79 Å². The van der Waals surface area contributed by atoms with Gasteiger partial charge in [0.15, 0.2) is 0 Å². The first kappa shape index (κ1) is 22.2. The van der Waals surface area contributed by atoms with E-state index in [1.165, 1.54) is 5.69 Å². The van der Waals surface area contributed by atoms with Gasteiger partial charge in [0.25, 0.3) is 5.56 Å². The SMILES string of the molecule is CCOc1ccc2[nH]c(=O)c(CNc3ccc(N4CCN(CCOC)CC4)cc3)cc2c1. The number of methoxy groups -OCH3 is 1. The van der Waals surface area contributed by atoms with E-state index in [1.807, 2.05) is 31.2 Å². The normalized spacial score (nSPS) is 14.6. The van der Waals surface area contributed by atoms with E-state index in [1.54, 1.807) is 7.11 Å². The van der Waals surface area contributed by atoms with Crippen LogP contribution in [0.4, 0.5) is 11.4 Å². The van der Waals surface area contributed by atoms with Gasteiger partial charge in [-0.25, -0.2) is 0 Å². The Labute approximate surface area is 188 Å². The van der Waals surface area contributed by atoms with Crippen LogP contribution < -0.4 is 20.5 Å². The molecule has 170 valence electrons. The average Bonchev–Trinajstić information content (AvgIpc) is 2.82. The van der Waals surface area contributed by atoms with Crippen LogP contribution in [0.15, 0.2) is 53.3 Å². The van der Waals surface area contributed by atoms with Crippen molar-refractivity contribution < 1.29 is 9.47 Å². The summed E-state index contributed by atoms with van der Waals surface area (Å²) in [4.78, 5) is 20.3. The maximum atomic E-state index is 12.5. The van der Waals surface area contributed by atoms with E-state index >= 15 is 0 Å². The Morgan fingerprint density at radius 2 is 1.81 bits per heavy atom. The summed E-state index contributed by atoms with van der Waals surface area (Å²) in [5, 5.41) is 4.34. The van der Waals surface area contributed by atoms with Gasteiger partial charge in [-0.1, -0.05) is 0 Å². The lowest BCUT2D eigenvalue weighted by molar-refractivity contribution is 0.144. The Morgan fingerprint density at radius 3 is 2.53 bits per heavy atom. The third-order valence-corrected chi connectivity index (χ3v) is 5.90. The molecule has 0 bridgehead atoms. The van der Waals surface area contributed by atoms with E-state index in [-0.39, 0.29) is 5.56 Å². The molecule has 0 unspecified atom stereocenters. The first-order valence-corrected chi connectivity index (χ1v) is 11.2. The third kappa shape index (κ3) is 5.41. The molecule has 0 amide bonds. The van der Waals surface area contributed by atoms with Crippen molar-refractivity contribution >= 4 is 22.3 Å². The number of pyridine rings is 1. The minimum atomic E-state index is -0.0721. The van der Waals surface area contributed by atoms with Gasteiger partial charge in [0.1, 0.15) is 5.75 Å². The molecule has 0 aliphatic carbocycles. The lowest BCUT2D eigenvalue weighted by Crippen LogP contribution is -2.47. The van der Waals surface area contributed by atoms with Gasteiger partial charge in [0.05, 0.1) is 13.2 Å². The molecule has 1 aliphatic heterocycles. The van der Waals surface area contributed by atoms with E-state index in [4.69, 9.17) is 9.47 Å². The summed E-state index contributed by atoms with van der Waals surface area (Å²) >= 11 is 0. The van der Waals surface area contributed by atoms with Crippen LogP contribution in [0.25, 0.3) is 10.9 Å². The van der Waals surface area contributed by atoms with Crippen LogP contribution in [0.1, 0.15) is 12.5 Å². The number of H-pyrrole nitrogens is 1. The summed E-state index contributed by atoms with van der Waals surface area (Å²) in [6.45, 7) is 8.96. The second-order valence-corrected chi connectivity index (χ2v) is 8.03. The zero-order valence-corrected chi connectivity index (χ0v) is 18.9. The minimum Gasteiger partial charge on any atom is -0.494 e. The maximum Gasteiger partial charge on any atom is 0.253 e. The monoisotopic (exact) mass is 436 g/mol. The highest BCUT2D eigenvalue weighted by Gasteiger charge is 2.16. The summed E-state index contributed by atoms with van der Waals surface area (Å²) in [5.41, 5.74) is 3.66. The van der Waals surface area contributed by atoms with Gasteiger partial charge < -0.3 is 24.7 Å². The maximum absolute atomic E-state index is 12.5. The Balaban J connectivity index is 1.36. The Morgan fingerprint density at radius 1 is 1.03 bits per heavy atom. The number of anilines is 2. The van der Waals surface area contributed by atoms with Crippen LogP contribution >= 0.6 is 0 Å². The third-order valence-electron chi connectivity index (χ3n) is 5.90. The predicted molar refractivity (Wildman–Crippen MR) is 130 cm³/mol. The second kappa shape index (κ2) is 10.5. The average molecular weight is 437 g/mol. The molecule has 0 radical (unpaired) electrons. The molecule has 4 rings (SSSR count). The number of rotatable bonds is 9. The first-order valence-electron chi connectivity index (χ1n) is 11.2. The van der Waals surface area contributed by atoms with Gasteiger partial charge in [-0.05, 0) is 55.5 Å². The van der Waals surface area contributed by atoms with Crippen LogP contribution in [0.5, 0.6) is 5.75 Å². The molecule has 7 heteroatoms. The smallest absolute Gasteiger partial charge is 0.253 e. The molecule has 1 fully saturated rings.